The van der Waals surface area contributed by atoms with Crippen molar-refractivity contribution in [3.8, 4) is 11.5 Å². The van der Waals surface area contributed by atoms with E-state index >= 15 is 0 Å². The number of guanidine groups is 1. The minimum absolute atomic E-state index is 0.0500. The van der Waals surface area contributed by atoms with E-state index in [1.165, 1.54) is 4.90 Å². The van der Waals surface area contributed by atoms with Gasteiger partial charge >= 0.3 is 0 Å². The lowest BCUT2D eigenvalue weighted by Crippen LogP contribution is -2.64. The Labute approximate surface area is 246 Å². The fourth-order valence-electron chi connectivity index (χ4n) is 6.98. The summed E-state index contributed by atoms with van der Waals surface area (Å²) in [5, 5.41) is 26.9. The number of hydrogen-bond donors (Lipinski definition) is 4. The number of ether oxygens (including phenoxy) is 3. The molecule has 42 heavy (non-hydrogen) atoms. The zero-order valence-corrected chi connectivity index (χ0v) is 24.5. The number of hydrogen-bond acceptors (Lipinski definition) is 7. The molecular weight excluding hydrogens is 536 g/mol. The summed E-state index contributed by atoms with van der Waals surface area (Å²) in [7, 11) is 1.60. The molecule has 1 fully saturated rings. The maximum atomic E-state index is 13.9. The number of rotatable bonds is 3. The molecule has 5 aliphatic heterocycles. The van der Waals surface area contributed by atoms with Crippen molar-refractivity contribution in [2.45, 2.75) is 75.6 Å². The average Bonchev–Trinajstić information content (AvgIpc) is 2.96. The van der Waals surface area contributed by atoms with Gasteiger partial charge in [-0.05, 0) is 68.5 Å². The second kappa shape index (κ2) is 10.9. The molecule has 10 heteroatoms. The Morgan fingerprint density at radius 2 is 1.90 bits per heavy atom. The second-order valence-corrected chi connectivity index (χ2v) is 12.4. The molecule has 1 saturated heterocycles. The second-order valence-electron chi connectivity index (χ2n) is 12.4. The molecule has 0 unspecified atom stereocenters. The molecule has 2 amide bonds. The smallest absolute Gasteiger partial charge is 0.251 e. The first kappa shape index (κ1) is 28.5. The van der Waals surface area contributed by atoms with Gasteiger partial charge in [-0.1, -0.05) is 19.4 Å². The molecular formula is C32H40N4O6. The third kappa shape index (κ3) is 5.00. The third-order valence-electron chi connectivity index (χ3n) is 9.38. The number of methoxy groups -OCH3 is 1. The van der Waals surface area contributed by atoms with Crippen LogP contribution in [-0.2, 0) is 16.0 Å². The van der Waals surface area contributed by atoms with Crippen LogP contribution >= 0.6 is 0 Å². The van der Waals surface area contributed by atoms with E-state index in [0.717, 1.165) is 43.2 Å². The van der Waals surface area contributed by atoms with Gasteiger partial charge in [0.25, 0.3) is 5.91 Å². The largest absolute Gasteiger partial charge is 0.493 e. The van der Waals surface area contributed by atoms with E-state index in [0.29, 0.717) is 35.8 Å². The van der Waals surface area contributed by atoms with E-state index in [1.54, 1.807) is 32.2 Å². The monoisotopic (exact) mass is 576 g/mol. The molecule has 10 nitrogen and oxygen atoms in total. The highest BCUT2D eigenvalue weighted by atomic mass is 16.5. The summed E-state index contributed by atoms with van der Waals surface area (Å²) < 4.78 is 17.5. The van der Waals surface area contributed by atoms with Crippen molar-refractivity contribution in [3.05, 3.63) is 58.7 Å². The van der Waals surface area contributed by atoms with Crippen LogP contribution in [0.4, 0.5) is 0 Å². The molecule has 0 aliphatic carbocycles. The molecule has 0 spiro atoms. The molecule has 5 heterocycles. The standard InChI is InChI=1S/C32H40N4O6/c1-4-32-12-6-5-7-19-8-10-25-23(13-19)28(31(2,39)18-42-25)34-29(38)20-9-11-24-22(14-20)27(21(16-40-3)17-41-24)36(26(37)15-32)30(33)35-32/h8-11,13-14,21,27-28,39H,4-7,12,15-18H2,1-3H3,(H2,33,35)(H,34,38)/t21-,27-,28-,31-,32-/m1/s1. The molecule has 4 N–H and O–H groups in total. The summed E-state index contributed by atoms with van der Waals surface area (Å²) in [5.41, 5.74) is 1.06. The number of nitrogens with zero attached hydrogens (tertiary/aromatic N) is 1. The number of aryl methyl sites for hydroxylation is 1. The van der Waals surface area contributed by atoms with Crippen LogP contribution in [0.5, 0.6) is 11.5 Å². The van der Waals surface area contributed by atoms with Crippen LogP contribution in [0.15, 0.2) is 36.4 Å². The zero-order chi connectivity index (χ0) is 29.6. The number of amides is 2. The van der Waals surface area contributed by atoms with Gasteiger partial charge in [0.05, 0.1) is 31.7 Å². The van der Waals surface area contributed by atoms with Gasteiger partial charge in [-0.2, -0.15) is 0 Å². The Morgan fingerprint density at radius 3 is 2.67 bits per heavy atom. The van der Waals surface area contributed by atoms with Gasteiger partial charge in [0, 0.05) is 35.3 Å². The molecule has 6 bridgehead atoms. The van der Waals surface area contributed by atoms with Gasteiger partial charge in [-0.15, -0.1) is 0 Å². The number of aliphatic hydroxyl groups is 1. The van der Waals surface area contributed by atoms with Gasteiger partial charge in [0.2, 0.25) is 5.91 Å². The van der Waals surface area contributed by atoms with E-state index in [-0.39, 0.29) is 36.7 Å². The van der Waals surface area contributed by atoms with Crippen LogP contribution in [0.2, 0.25) is 0 Å². The number of carbonyl (C=O) groups is 2. The molecule has 0 radical (unpaired) electrons. The first-order chi connectivity index (χ1) is 20.1. The average molecular weight is 577 g/mol. The minimum atomic E-state index is -1.32. The molecule has 2 aromatic carbocycles. The first-order valence-electron chi connectivity index (χ1n) is 14.9. The number of fused-ring (bicyclic) bond motifs is 6. The maximum absolute atomic E-state index is 13.9. The quantitative estimate of drug-likeness (QED) is 0.439. The molecule has 0 aromatic heterocycles. The lowest BCUT2D eigenvalue weighted by atomic mass is 9.81. The highest BCUT2D eigenvalue weighted by molar-refractivity contribution is 6.00. The Balaban J connectivity index is 1.46. The van der Waals surface area contributed by atoms with Gasteiger partial charge in [0.15, 0.2) is 5.96 Å². The first-order valence-corrected chi connectivity index (χ1v) is 14.9. The normalized spacial score (nSPS) is 30.8. The summed E-state index contributed by atoms with van der Waals surface area (Å²) in [4.78, 5) is 29.2. The van der Waals surface area contributed by atoms with E-state index in [1.807, 2.05) is 18.2 Å². The Hall–Kier alpha value is -3.63. The van der Waals surface area contributed by atoms with Crippen LogP contribution in [0.1, 0.15) is 85.1 Å². The van der Waals surface area contributed by atoms with E-state index in [2.05, 4.69) is 17.6 Å². The summed E-state index contributed by atoms with van der Waals surface area (Å²) in [6, 6.07) is 9.92. The van der Waals surface area contributed by atoms with Gasteiger partial charge in [0.1, 0.15) is 23.7 Å². The Morgan fingerprint density at radius 1 is 1.12 bits per heavy atom. The molecule has 5 aliphatic rings. The number of nitrogens with one attached hydrogen (secondary N) is 3. The molecule has 2 aromatic rings. The van der Waals surface area contributed by atoms with E-state index < -0.39 is 23.2 Å². The fourth-order valence-corrected chi connectivity index (χ4v) is 6.98. The van der Waals surface area contributed by atoms with Crippen LogP contribution in [0.3, 0.4) is 0 Å². The van der Waals surface area contributed by atoms with Crippen molar-refractivity contribution in [1.82, 2.24) is 15.5 Å². The van der Waals surface area contributed by atoms with Crippen molar-refractivity contribution in [3.63, 3.8) is 0 Å². The van der Waals surface area contributed by atoms with Crippen LogP contribution in [-0.4, -0.2) is 65.9 Å². The summed E-state index contributed by atoms with van der Waals surface area (Å²) >= 11 is 0. The summed E-state index contributed by atoms with van der Waals surface area (Å²) in [6.07, 6.45) is 4.35. The molecule has 0 saturated carbocycles. The molecule has 5 atom stereocenters. The predicted molar refractivity (Wildman–Crippen MR) is 156 cm³/mol. The number of benzene rings is 2. The summed E-state index contributed by atoms with van der Waals surface area (Å²) in [5.74, 6) is 0.573. The highest BCUT2D eigenvalue weighted by Gasteiger charge is 2.47. The van der Waals surface area contributed by atoms with Gasteiger partial charge in [-0.3, -0.25) is 19.9 Å². The van der Waals surface area contributed by atoms with Crippen LogP contribution in [0, 0.1) is 11.3 Å². The van der Waals surface area contributed by atoms with Gasteiger partial charge in [-0.25, -0.2) is 0 Å². The SMILES string of the molecule is CC[C@]12CCCCc3ccc4c(c3)[C@@H](NC(=O)c3ccc5c(c3)[C@@H]([C@H](COC)CO5)N(C(=N)N1)C(=O)C2)[C@](C)(O)CO4. The Bertz CT molecular complexity index is 1390. The van der Waals surface area contributed by atoms with Crippen molar-refractivity contribution in [2.24, 2.45) is 5.92 Å². The minimum Gasteiger partial charge on any atom is -0.493 e. The Kier molecular flexibility index (Phi) is 7.39. The van der Waals surface area contributed by atoms with Crippen molar-refractivity contribution in [2.75, 3.05) is 26.9 Å². The number of carbonyl (C=O) groups excluding carboxylic acids is 2. The predicted octanol–water partition coefficient (Wildman–Crippen LogP) is 3.63. The van der Waals surface area contributed by atoms with Crippen molar-refractivity contribution >= 4 is 17.8 Å². The summed E-state index contributed by atoms with van der Waals surface area (Å²) in [6.45, 7) is 4.42. The lowest BCUT2D eigenvalue weighted by Gasteiger charge is -2.48. The van der Waals surface area contributed by atoms with E-state index in [9.17, 15) is 14.7 Å². The molecule has 7 rings (SSSR count). The lowest BCUT2D eigenvalue weighted by molar-refractivity contribution is -0.135. The highest BCUT2D eigenvalue weighted by Crippen LogP contribution is 2.43. The topological polar surface area (TPSA) is 133 Å². The van der Waals surface area contributed by atoms with Crippen molar-refractivity contribution < 1.29 is 28.9 Å². The maximum Gasteiger partial charge on any atom is 0.251 e. The fraction of sp³-hybridized carbons (Fsp3) is 0.531. The van der Waals surface area contributed by atoms with Gasteiger partial charge < -0.3 is 30.0 Å². The third-order valence-corrected chi connectivity index (χ3v) is 9.38. The van der Waals surface area contributed by atoms with Crippen molar-refractivity contribution in [1.29, 1.82) is 5.41 Å². The van der Waals surface area contributed by atoms with E-state index in [4.69, 9.17) is 19.6 Å². The molecule has 224 valence electrons. The zero-order valence-electron chi connectivity index (χ0n) is 24.5. The van der Waals surface area contributed by atoms with Crippen LogP contribution in [0.25, 0.3) is 0 Å². The van der Waals surface area contributed by atoms with Crippen LogP contribution < -0.4 is 20.1 Å².